The highest BCUT2D eigenvalue weighted by molar-refractivity contribution is 5.91. The van der Waals surface area contributed by atoms with Crippen molar-refractivity contribution in [2.45, 2.75) is 6.42 Å². The van der Waals surface area contributed by atoms with E-state index in [0.717, 1.165) is 22.4 Å². The average molecular weight is 292 g/mol. The van der Waals surface area contributed by atoms with Gasteiger partial charge in [-0.05, 0) is 29.8 Å². The zero-order valence-electron chi connectivity index (χ0n) is 12.0. The maximum absolute atomic E-state index is 11.7. The SMILES string of the molecule is O=C(/C=C/c1cccnc1)NCCc1nc2ccccc2[nH]1. The molecule has 2 heterocycles. The number of hydrogen-bond acceptors (Lipinski definition) is 3. The van der Waals surface area contributed by atoms with Crippen LogP contribution in [0, 0.1) is 0 Å². The number of nitrogens with one attached hydrogen (secondary N) is 2. The number of nitrogens with zero attached hydrogens (tertiary/aromatic N) is 2. The molecule has 3 rings (SSSR count). The lowest BCUT2D eigenvalue weighted by molar-refractivity contribution is -0.116. The predicted molar refractivity (Wildman–Crippen MR) is 86.1 cm³/mol. The van der Waals surface area contributed by atoms with E-state index in [9.17, 15) is 4.79 Å². The highest BCUT2D eigenvalue weighted by Crippen LogP contribution is 2.10. The summed E-state index contributed by atoms with van der Waals surface area (Å²) in [5.41, 5.74) is 2.86. The van der Waals surface area contributed by atoms with Gasteiger partial charge in [-0.3, -0.25) is 9.78 Å². The Labute approximate surface area is 128 Å². The van der Waals surface area contributed by atoms with E-state index in [2.05, 4.69) is 20.3 Å². The van der Waals surface area contributed by atoms with Crippen LogP contribution < -0.4 is 5.32 Å². The van der Waals surface area contributed by atoms with E-state index < -0.39 is 0 Å². The Kier molecular flexibility index (Phi) is 4.25. The van der Waals surface area contributed by atoms with E-state index in [1.807, 2.05) is 36.4 Å². The molecule has 2 aromatic heterocycles. The third kappa shape index (κ3) is 3.58. The molecule has 0 spiro atoms. The number of carbonyl (C=O) groups is 1. The van der Waals surface area contributed by atoms with Crippen molar-refractivity contribution in [2.75, 3.05) is 6.54 Å². The van der Waals surface area contributed by atoms with E-state index in [1.165, 1.54) is 6.08 Å². The van der Waals surface area contributed by atoms with Gasteiger partial charge in [0.05, 0.1) is 11.0 Å². The van der Waals surface area contributed by atoms with E-state index in [0.29, 0.717) is 13.0 Å². The van der Waals surface area contributed by atoms with Gasteiger partial charge >= 0.3 is 0 Å². The quantitative estimate of drug-likeness (QED) is 0.709. The van der Waals surface area contributed by atoms with Crippen LogP contribution in [0.1, 0.15) is 11.4 Å². The van der Waals surface area contributed by atoms with Crippen LogP contribution in [0.2, 0.25) is 0 Å². The molecule has 0 radical (unpaired) electrons. The third-order valence-electron chi connectivity index (χ3n) is 3.21. The van der Waals surface area contributed by atoms with E-state index in [4.69, 9.17) is 0 Å². The number of carbonyl (C=O) groups excluding carboxylic acids is 1. The molecule has 0 aliphatic carbocycles. The maximum Gasteiger partial charge on any atom is 0.244 e. The Hall–Kier alpha value is -2.95. The first-order valence-electron chi connectivity index (χ1n) is 7.11. The number of rotatable bonds is 5. The molecule has 0 saturated carbocycles. The fourth-order valence-electron chi connectivity index (χ4n) is 2.13. The lowest BCUT2D eigenvalue weighted by Crippen LogP contribution is -2.23. The highest BCUT2D eigenvalue weighted by atomic mass is 16.1. The van der Waals surface area contributed by atoms with Gasteiger partial charge in [-0.15, -0.1) is 0 Å². The van der Waals surface area contributed by atoms with Crippen LogP contribution in [0.5, 0.6) is 0 Å². The molecule has 5 heteroatoms. The molecule has 110 valence electrons. The minimum absolute atomic E-state index is 0.125. The van der Waals surface area contributed by atoms with Gasteiger partial charge < -0.3 is 10.3 Å². The monoisotopic (exact) mass is 292 g/mol. The summed E-state index contributed by atoms with van der Waals surface area (Å²) in [6.45, 7) is 0.538. The Balaban J connectivity index is 1.50. The first-order valence-corrected chi connectivity index (χ1v) is 7.11. The second kappa shape index (κ2) is 6.67. The van der Waals surface area contributed by atoms with Crippen molar-refractivity contribution in [3.8, 4) is 0 Å². The van der Waals surface area contributed by atoms with E-state index in [1.54, 1.807) is 18.5 Å². The highest BCUT2D eigenvalue weighted by Gasteiger charge is 2.02. The number of fused-ring (bicyclic) bond motifs is 1. The van der Waals surface area contributed by atoms with Gasteiger partial charge in [0, 0.05) is 31.4 Å². The van der Waals surface area contributed by atoms with Gasteiger partial charge in [0.25, 0.3) is 0 Å². The van der Waals surface area contributed by atoms with Gasteiger partial charge in [0.15, 0.2) is 0 Å². The number of amides is 1. The molecule has 5 nitrogen and oxygen atoms in total. The van der Waals surface area contributed by atoms with E-state index >= 15 is 0 Å². The summed E-state index contributed by atoms with van der Waals surface area (Å²) in [6.07, 6.45) is 7.32. The number of hydrogen-bond donors (Lipinski definition) is 2. The summed E-state index contributed by atoms with van der Waals surface area (Å²) >= 11 is 0. The van der Waals surface area contributed by atoms with Gasteiger partial charge in [-0.2, -0.15) is 0 Å². The molecule has 0 unspecified atom stereocenters. The molecule has 0 aliphatic heterocycles. The zero-order chi connectivity index (χ0) is 15.2. The number of imidazole rings is 1. The predicted octanol–water partition coefficient (Wildman–Crippen LogP) is 2.33. The molecule has 0 atom stereocenters. The molecular weight excluding hydrogens is 276 g/mol. The van der Waals surface area contributed by atoms with Crippen LogP contribution in [0.15, 0.2) is 54.9 Å². The summed E-state index contributed by atoms with van der Waals surface area (Å²) in [5, 5.41) is 2.84. The standard InChI is InChI=1S/C17H16N4O/c22-17(8-7-13-4-3-10-18-12-13)19-11-9-16-20-14-5-1-2-6-15(14)21-16/h1-8,10,12H,9,11H2,(H,19,22)(H,20,21)/b8-7+. The van der Waals surface area contributed by atoms with Crippen LogP contribution in [0.4, 0.5) is 0 Å². The number of para-hydroxylation sites is 2. The minimum Gasteiger partial charge on any atom is -0.352 e. The Bertz CT molecular complexity index is 760. The van der Waals surface area contributed by atoms with Gasteiger partial charge in [0.2, 0.25) is 5.91 Å². The second-order valence-electron chi connectivity index (χ2n) is 4.86. The van der Waals surface area contributed by atoms with Crippen molar-refractivity contribution < 1.29 is 4.79 Å². The molecule has 1 amide bonds. The van der Waals surface area contributed by atoms with Crippen LogP contribution in [0.3, 0.4) is 0 Å². The Morgan fingerprint density at radius 3 is 2.95 bits per heavy atom. The molecular formula is C17H16N4O. The van der Waals surface area contributed by atoms with Gasteiger partial charge in [0.1, 0.15) is 5.82 Å². The van der Waals surface area contributed by atoms with Gasteiger partial charge in [-0.1, -0.05) is 18.2 Å². The normalized spacial score (nSPS) is 11.1. The fourth-order valence-corrected chi connectivity index (χ4v) is 2.13. The first kappa shape index (κ1) is 14.0. The fraction of sp³-hybridized carbons (Fsp3) is 0.118. The average Bonchev–Trinajstić information content (AvgIpc) is 2.96. The molecule has 0 bridgehead atoms. The van der Waals surface area contributed by atoms with Crippen molar-refractivity contribution in [3.63, 3.8) is 0 Å². The van der Waals surface area contributed by atoms with Crippen molar-refractivity contribution in [1.82, 2.24) is 20.3 Å². The van der Waals surface area contributed by atoms with Crippen molar-refractivity contribution in [1.29, 1.82) is 0 Å². The van der Waals surface area contributed by atoms with Crippen LogP contribution >= 0.6 is 0 Å². The lowest BCUT2D eigenvalue weighted by Gasteiger charge is -1.99. The van der Waals surface area contributed by atoms with Crippen molar-refractivity contribution in [3.05, 3.63) is 66.3 Å². The first-order chi connectivity index (χ1) is 10.8. The maximum atomic E-state index is 11.7. The number of pyridine rings is 1. The summed E-state index contributed by atoms with van der Waals surface area (Å²) in [6, 6.07) is 11.6. The summed E-state index contributed by atoms with van der Waals surface area (Å²) in [5.74, 6) is 0.748. The summed E-state index contributed by atoms with van der Waals surface area (Å²) in [7, 11) is 0. The Morgan fingerprint density at radius 2 is 2.14 bits per heavy atom. The number of benzene rings is 1. The van der Waals surface area contributed by atoms with Crippen LogP contribution in [-0.2, 0) is 11.2 Å². The number of H-pyrrole nitrogens is 1. The molecule has 3 aromatic rings. The van der Waals surface area contributed by atoms with Crippen LogP contribution in [0.25, 0.3) is 17.1 Å². The molecule has 0 fully saturated rings. The van der Waals surface area contributed by atoms with Crippen molar-refractivity contribution in [2.24, 2.45) is 0 Å². The smallest absolute Gasteiger partial charge is 0.244 e. The largest absolute Gasteiger partial charge is 0.352 e. The van der Waals surface area contributed by atoms with Crippen molar-refractivity contribution >= 4 is 23.0 Å². The molecule has 0 saturated heterocycles. The van der Waals surface area contributed by atoms with Gasteiger partial charge in [-0.25, -0.2) is 4.98 Å². The lowest BCUT2D eigenvalue weighted by atomic mass is 10.2. The second-order valence-corrected chi connectivity index (χ2v) is 4.86. The number of aromatic amines is 1. The molecule has 22 heavy (non-hydrogen) atoms. The minimum atomic E-state index is -0.125. The number of aromatic nitrogens is 3. The molecule has 0 aliphatic rings. The summed E-state index contributed by atoms with van der Waals surface area (Å²) in [4.78, 5) is 23.4. The topological polar surface area (TPSA) is 70.7 Å². The van der Waals surface area contributed by atoms with Crippen LogP contribution in [-0.4, -0.2) is 27.4 Å². The third-order valence-corrected chi connectivity index (χ3v) is 3.21. The molecule has 1 aromatic carbocycles. The molecule has 2 N–H and O–H groups in total. The zero-order valence-corrected chi connectivity index (χ0v) is 12.0. The summed E-state index contributed by atoms with van der Waals surface area (Å²) < 4.78 is 0. The Morgan fingerprint density at radius 1 is 1.23 bits per heavy atom. The van der Waals surface area contributed by atoms with E-state index in [-0.39, 0.29) is 5.91 Å².